The SMILES string of the molecule is C1CCOC1.Cc1nc2c(N3C[C@@H](C)N(C(c4ccc(F)c(Cl)c4)C4CC(F)(F)C4)CC3C)nc(Cl)nc2n1C. The number of piperazine rings is 1. The number of aryl methyl sites for hydroxylation is 2. The molecule has 3 aliphatic rings. The van der Waals surface area contributed by atoms with Crippen LogP contribution in [0.2, 0.25) is 10.3 Å². The van der Waals surface area contributed by atoms with Crippen LogP contribution in [0.4, 0.5) is 19.0 Å². The minimum absolute atomic E-state index is 0.00135. The minimum Gasteiger partial charge on any atom is -0.381 e. The van der Waals surface area contributed by atoms with Crippen molar-refractivity contribution in [2.24, 2.45) is 13.0 Å². The van der Waals surface area contributed by atoms with Crippen LogP contribution < -0.4 is 4.90 Å². The Hall–Kier alpha value is -2.14. The van der Waals surface area contributed by atoms with E-state index in [0.29, 0.717) is 30.1 Å². The highest BCUT2D eigenvalue weighted by molar-refractivity contribution is 6.30. The number of fused-ring (bicyclic) bond motifs is 1. The van der Waals surface area contributed by atoms with Gasteiger partial charge in [-0.25, -0.2) is 18.2 Å². The van der Waals surface area contributed by atoms with Crippen LogP contribution in [-0.4, -0.2) is 68.7 Å². The molecule has 2 aromatic heterocycles. The monoisotopic (exact) mass is 598 g/mol. The molecule has 0 N–H and O–H groups in total. The summed E-state index contributed by atoms with van der Waals surface area (Å²) in [5.41, 5.74) is 2.11. The number of nitrogens with zero attached hydrogens (tertiary/aromatic N) is 6. The normalized spacial score (nSPS) is 24.1. The highest BCUT2D eigenvalue weighted by Gasteiger charge is 2.51. The zero-order valence-corrected chi connectivity index (χ0v) is 24.7. The van der Waals surface area contributed by atoms with E-state index in [4.69, 9.17) is 27.9 Å². The van der Waals surface area contributed by atoms with E-state index < -0.39 is 11.7 Å². The third-order valence-electron chi connectivity index (χ3n) is 8.24. The molecule has 218 valence electrons. The Balaban J connectivity index is 0.000000582. The Labute approximate surface area is 242 Å². The molecule has 0 amide bonds. The molecule has 2 unspecified atom stereocenters. The molecule has 12 heteroatoms. The van der Waals surface area contributed by atoms with Crippen LogP contribution in [-0.2, 0) is 11.8 Å². The van der Waals surface area contributed by atoms with Crippen molar-refractivity contribution in [2.75, 3.05) is 31.2 Å². The lowest BCUT2D eigenvalue weighted by Crippen LogP contribution is -2.59. The second-order valence-corrected chi connectivity index (χ2v) is 12.0. The van der Waals surface area contributed by atoms with Crippen LogP contribution in [0.25, 0.3) is 11.2 Å². The van der Waals surface area contributed by atoms with Crippen molar-refractivity contribution in [3.05, 3.63) is 45.7 Å². The zero-order valence-electron chi connectivity index (χ0n) is 23.2. The molecule has 3 aromatic rings. The van der Waals surface area contributed by atoms with E-state index in [1.165, 1.54) is 18.9 Å². The first-order chi connectivity index (χ1) is 18.9. The third-order valence-corrected chi connectivity index (χ3v) is 8.70. The van der Waals surface area contributed by atoms with Gasteiger partial charge in [0.2, 0.25) is 11.2 Å². The van der Waals surface area contributed by atoms with Crippen molar-refractivity contribution in [3.8, 4) is 0 Å². The Morgan fingerprint density at radius 2 is 1.73 bits per heavy atom. The standard InChI is InChI=1S/C24H27Cl2F3N6.C4H8O/c1-12-11-35(22-19-21(31-23(26)32-22)33(4)14(3)30-19)13(2)10-34(12)20(16-8-24(28,29)9-16)15-5-6-18(27)17(25)7-15;1-2-4-5-3-1/h5-7,12-13,16,20H,8-11H2,1-4H3;1-4H2/t12-,13?,20?;/m1./s1. The van der Waals surface area contributed by atoms with Crippen LogP contribution in [0.15, 0.2) is 18.2 Å². The zero-order chi connectivity index (χ0) is 28.8. The summed E-state index contributed by atoms with van der Waals surface area (Å²) in [6, 6.07) is 4.24. The van der Waals surface area contributed by atoms with Crippen LogP contribution in [0.1, 0.15) is 57.0 Å². The van der Waals surface area contributed by atoms with Crippen LogP contribution >= 0.6 is 23.2 Å². The number of benzene rings is 1. The van der Waals surface area contributed by atoms with Crippen molar-refractivity contribution in [3.63, 3.8) is 0 Å². The summed E-state index contributed by atoms with van der Waals surface area (Å²) < 4.78 is 48.5. The first-order valence-corrected chi connectivity index (χ1v) is 14.5. The van der Waals surface area contributed by atoms with E-state index in [0.717, 1.165) is 24.6 Å². The van der Waals surface area contributed by atoms with E-state index in [2.05, 4.69) is 38.6 Å². The van der Waals surface area contributed by atoms with Gasteiger partial charge in [0.05, 0.1) is 5.02 Å². The number of alkyl halides is 2. The number of imidazole rings is 1. The minimum atomic E-state index is -2.66. The van der Waals surface area contributed by atoms with Gasteiger partial charge >= 0.3 is 0 Å². The van der Waals surface area contributed by atoms with Gasteiger partial charge in [0.1, 0.15) is 11.6 Å². The summed E-state index contributed by atoms with van der Waals surface area (Å²) in [6.07, 6.45) is 2.17. The molecule has 3 atom stereocenters. The topological polar surface area (TPSA) is 59.3 Å². The quantitative estimate of drug-likeness (QED) is 0.315. The van der Waals surface area contributed by atoms with Crippen LogP contribution in [0.5, 0.6) is 0 Å². The maximum absolute atomic E-state index is 13.9. The summed E-state index contributed by atoms with van der Waals surface area (Å²) >= 11 is 12.4. The van der Waals surface area contributed by atoms with Crippen LogP contribution in [0, 0.1) is 18.7 Å². The molecule has 3 fully saturated rings. The van der Waals surface area contributed by atoms with Crippen LogP contribution in [0.3, 0.4) is 0 Å². The largest absolute Gasteiger partial charge is 0.381 e. The number of halogens is 5. The van der Waals surface area contributed by atoms with Crippen molar-refractivity contribution >= 4 is 40.2 Å². The molecule has 6 rings (SSSR count). The molecule has 4 heterocycles. The lowest BCUT2D eigenvalue weighted by atomic mass is 9.73. The predicted octanol–water partition coefficient (Wildman–Crippen LogP) is 6.60. The average Bonchev–Trinajstić information content (AvgIpc) is 3.55. The number of anilines is 1. The molecular formula is C28H35Cl2F3N6O. The summed E-state index contributed by atoms with van der Waals surface area (Å²) in [7, 11) is 1.88. The fraction of sp³-hybridized carbons (Fsp3) is 0.607. The number of aromatic nitrogens is 4. The number of hydrogen-bond acceptors (Lipinski definition) is 6. The fourth-order valence-electron chi connectivity index (χ4n) is 6.04. The number of hydrogen-bond donors (Lipinski definition) is 0. The van der Waals surface area contributed by atoms with Crippen molar-refractivity contribution in [1.82, 2.24) is 24.4 Å². The molecular weight excluding hydrogens is 564 g/mol. The van der Waals surface area contributed by atoms with Gasteiger partial charge in [-0.15, -0.1) is 0 Å². The van der Waals surface area contributed by atoms with Crippen molar-refractivity contribution in [1.29, 1.82) is 0 Å². The van der Waals surface area contributed by atoms with E-state index in [-0.39, 0.29) is 47.2 Å². The van der Waals surface area contributed by atoms with Gasteiger partial charge < -0.3 is 14.2 Å². The van der Waals surface area contributed by atoms with Gasteiger partial charge in [-0.05, 0) is 68.8 Å². The van der Waals surface area contributed by atoms with E-state index >= 15 is 0 Å². The summed E-state index contributed by atoms with van der Waals surface area (Å²) in [5.74, 6) is -1.96. The van der Waals surface area contributed by atoms with Gasteiger partial charge in [-0.1, -0.05) is 17.7 Å². The first-order valence-electron chi connectivity index (χ1n) is 13.7. The predicted molar refractivity (Wildman–Crippen MR) is 151 cm³/mol. The molecule has 1 saturated carbocycles. The Morgan fingerprint density at radius 1 is 1.02 bits per heavy atom. The second kappa shape index (κ2) is 11.6. The van der Waals surface area contributed by atoms with Gasteiger partial charge in [0.25, 0.3) is 0 Å². The third kappa shape index (κ3) is 5.91. The van der Waals surface area contributed by atoms with Gasteiger partial charge in [-0.2, -0.15) is 9.97 Å². The number of ether oxygens (including phenoxy) is 1. The Bertz CT molecular complexity index is 1350. The van der Waals surface area contributed by atoms with Gasteiger partial charge in [0, 0.05) is 64.3 Å². The Kier molecular flexibility index (Phi) is 8.53. The molecule has 0 bridgehead atoms. The van der Waals surface area contributed by atoms with Gasteiger partial charge in [-0.3, -0.25) is 4.90 Å². The number of rotatable bonds is 4. The summed E-state index contributed by atoms with van der Waals surface area (Å²) in [4.78, 5) is 17.9. The molecule has 0 spiro atoms. The first kappa shape index (κ1) is 29.4. The Morgan fingerprint density at radius 3 is 2.33 bits per heavy atom. The fourth-order valence-corrected chi connectivity index (χ4v) is 6.39. The van der Waals surface area contributed by atoms with Gasteiger partial charge in [0.15, 0.2) is 17.0 Å². The smallest absolute Gasteiger partial charge is 0.248 e. The molecule has 2 saturated heterocycles. The maximum Gasteiger partial charge on any atom is 0.248 e. The molecule has 1 aliphatic carbocycles. The van der Waals surface area contributed by atoms with Crippen molar-refractivity contribution < 1.29 is 17.9 Å². The van der Waals surface area contributed by atoms with E-state index in [1.807, 2.05) is 18.5 Å². The summed E-state index contributed by atoms with van der Waals surface area (Å²) in [5, 5.41) is 0.148. The highest BCUT2D eigenvalue weighted by atomic mass is 35.5. The summed E-state index contributed by atoms with van der Waals surface area (Å²) in [6.45, 7) is 9.22. The highest BCUT2D eigenvalue weighted by Crippen LogP contribution is 2.51. The average molecular weight is 600 g/mol. The molecule has 1 aromatic carbocycles. The second-order valence-electron chi connectivity index (χ2n) is 11.2. The molecule has 40 heavy (non-hydrogen) atoms. The maximum atomic E-state index is 13.9. The molecule has 7 nitrogen and oxygen atoms in total. The molecule has 2 aliphatic heterocycles. The van der Waals surface area contributed by atoms with Crippen molar-refractivity contribution in [2.45, 2.75) is 70.5 Å². The lowest BCUT2D eigenvalue weighted by Gasteiger charge is -2.52. The lowest BCUT2D eigenvalue weighted by molar-refractivity contribution is -0.137. The van der Waals surface area contributed by atoms with E-state index in [1.54, 1.807) is 12.1 Å². The van der Waals surface area contributed by atoms with E-state index in [9.17, 15) is 13.2 Å². The molecule has 0 radical (unpaired) electrons.